The van der Waals surface area contributed by atoms with Crippen molar-refractivity contribution in [2.75, 3.05) is 0 Å². The van der Waals surface area contributed by atoms with Crippen LogP contribution in [-0.4, -0.2) is 33.5 Å². The lowest BCUT2D eigenvalue weighted by atomic mass is 9.92. The standard InChI is InChI=1S/C19H36O4/c1-3-4-7-13-18(21)14-10-12-17(16(2)20)11-8-5-6-9-15-19(22)23/h10,14,16-18,20-21H,3-9,11-13,15H2,1-2H3,(H,22,23)/b14-10+. The van der Waals surface area contributed by atoms with Crippen LogP contribution in [0.2, 0.25) is 0 Å². The average Bonchev–Trinajstić information content (AvgIpc) is 2.48. The molecule has 3 atom stereocenters. The molecular weight excluding hydrogens is 292 g/mol. The van der Waals surface area contributed by atoms with Crippen LogP contribution in [0.15, 0.2) is 12.2 Å². The van der Waals surface area contributed by atoms with Gasteiger partial charge in [0, 0.05) is 6.42 Å². The molecule has 0 bridgehead atoms. The van der Waals surface area contributed by atoms with Crippen molar-refractivity contribution in [1.82, 2.24) is 0 Å². The zero-order valence-electron chi connectivity index (χ0n) is 14.9. The molecule has 0 aliphatic heterocycles. The Morgan fingerprint density at radius 1 is 1.00 bits per heavy atom. The van der Waals surface area contributed by atoms with E-state index in [2.05, 4.69) is 6.92 Å². The predicted molar refractivity (Wildman–Crippen MR) is 94.4 cm³/mol. The molecule has 136 valence electrons. The van der Waals surface area contributed by atoms with Gasteiger partial charge in [-0.1, -0.05) is 57.6 Å². The summed E-state index contributed by atoms with van der Waals surface area (Å²) in [5, 5.41) is 28.3. The van der Waals surface area contributed by atoms with Crippen molar-refractivity contribution in [3.8, 4) is 0 Å². The second kappa shape index (κ2) is 14.7. The number of aliphatic carboxylic acids is 1. The molecule has 0 amide bonds. The highest BCUT2D eigenvalue weighted by atomic mass is 16.4. The second-order valence-corrected chi connectivity index (χ2v) is 6.57. The molecule has 0 heterocycles. The molecule has 0 rings (SSSR count). The zero-order chi connectivity index (χ0) is 17.5. The first-order valence-electron chi connectivity index (χ1n) is 9.22. The van der Waals surface area contributed by atoms with E-state index in [9.17, 15) is 15.0 Å². The van der Waals surface area contributed by atoms with Crippen molar-refractivity contribution in [2.24, 2.45) is 5.92 Å². The van der Waals surface area contributed by atoms with Crippen LogP contribution in [-0.2, 0) is 4.79 Å². The van der Waals surface area contributed by atoms with Gasteiger partial charge in [-0.3, -0.25) is 4.79 Å². The van der Waals surface area contributed by atoms with Gasteiger partial charge < -0.3 is 15.3 Å². The first-order valence-corrected chi connectivity index (χ1v) is 9.22. The lowest BCUT2D eigenvalue weighted by Crippen LogP contribution is -2.16. The van der Waals surface area contributed by atoms with Crippen LogP contribution in [0.3, 0.4) is 0 Å². The lowest BCUT2D eigenvalue weighted by molar-refractivity contribution is -0.137. The van der Waals surface area contributed by atoms with Crippen LogP contribution in [0.25, 0.3) is 0 Å². The number of carboxylic acids is 1. The highest BCUT2D eigenvalue weighted by molar-refractivity contribution is 5.66. The minimum atomic E-state index is -0.727. The number of aliphatic hydroxyl groups is 2. The molecule has 0 saturated carbocycles. The summed E-state index contributed by atoms with van der Waals surface area (Å²) in [7, 11) is 0. The molecule has 0 aromatic rings. The summed E-state index contributed by atoms with van der Waals surface area (Å²) < 4.78 is 0. The number of unbranched alkanes of at least 4 members (excludes halogenated alkanes) is 5. The number of aliphatic hydroxyl groups excluding tert-OH is 2. The van der Waals surface area contributed by atoms with Gasteiger partial charge in [0.1, 0.15) is 0 Å². The quantitative estimate of drug-likeness (QED) is 0.309. The molecule has 0 aromatic carbocycles. The molecule has 0 aliphatic rings. The van der Waals surface area contributed by atoms with Crippen molar-refractivity contribution in [2.45, 2.75) is 96.7 Å². The lowest BCUT2D eigenvalue weighted by Gasteiger charge is -2.18. The fourth-order valence-electron chi connectivity index (χ4n) is 2.70. The maximum absolute atomic E-state index is 10.4. The smallest absolute Gasteiger partial charge is 0.303 e. The SMILES string of the molecule is CCCCCC(O)/C=C/CC(CCCCCCC(=O)O)C(C)O. The third kappa shape index (κ3) is 14.5. The highest BCUT2D eigenvalue weighted by Crippen LogP contribution is 2.19. The molecular formula is C19H36O4. The van der Waals surface area contributed by atoms with Gasteiger partial charge >= 0.3 is 5.97 Å². The summed E-state index contributed by atoms with van der Waals surface area (Å²) in [6.45, 7) is 3.97. The molecule has 0 radical (unpaired) electrons. The van der Waals surface area contributed by atoms with E-state index in [-0.39, 0.29) is 24.5 Å². The van der Waals surface area contributed by atoms with E-state index >= 15 is 0 Å². The van der Waals surface area contributed by atoms with E-state index in [1.165, 1.54) is 0 Å². The molecule has 4 heteroatoms. The van der Waals surface area contributed by atoms with Crippen LogP contribution < -0.4 is 0 Å². The Morgan fingerprint density at radius 2 is 1.65 bits per heavy atom. The number of carboxylic acid groups (broad SMARTS) is 1. The van der Waals surface area contributed by atoms with E-state index < -0.39 is 5.97 Å². The molecule has 0 saturated heterocycles. The average molecular weight is 328 g/mol. The summed E-state index contributed by atoms with van der Waals surface area (Å²) in [4.78, 5) is 10.4. The molecule has 0 aromatic heterocycles. The highest BCUT2D eigenvalue weighted by Gasteiger charge is 2.13. The van der Waals surface area contributed by atoms with E-state index in [4.69, 9.17) is 5.11 Å². The number of carbonyl (C=O) groups is 1. The van der Waals surface area contributed by atoms with Crippen molar-refractivity contribution in [3.05, 3.63) is 12.2 Å². The first kappa shape index (κ1) is 22.1. The molecule has 0 spiro atoms. The minimum absolute atomic E-state index is 0.216. The van der Waals surface area contributed by atoms with E-state index in [0.717, 1.165) is 64.2 Å². The second-order valence-electron chi connectivity index (χ2n) is 6.57. The Hall–Kier alpha value is -0.870. The topological polar surface area (TPSA) is 77.8 Å². The third-order valence-electron chi connectivity index (χ3n) is 4.30. The molecule has 0 fully saturated rings. The summed E-state index contributed by atoms with van der Waals surface area (Å²) >= 11 is 0. The van der Waals surface area contributed by atoms with Crippen LogP contribution in [0, 0.1) is 5.92 Å². The summed E-state index contributed by atoms with van der Waals surface area (Å²) in [6.07, 6.45) is 13.0. The van der Waals surface area contributed by atoms with Gasteiger partial charge in [-0.05, 0) is 38.5 Å². The Morgan fingerprint density at radius 3 is 2.26 bits per heavy atom. The van der Waals surface area contributed by atoms with Crippen LogP contribution in [0.4, 0.5) is 0 Å². The first-order chi connectivity index (χ1) is 11.0. The van der Waals surface area contributed by atoms with Gasteiger partial charge in [-0.25, -0.2) is 0 Å². The summed E-state index contributed by atoms with van der Waals surface area (Å²) in [5.41, 5.74) is 0. The molecule has 0 aliphatic carbocycles. The Balaban J connectivity index is 3.86. The van der Waals surface area contributed by atoms with Crippen molar-refractivity contribution in [1.29, 1.82) is 0 Å². The van der Waals surface area contributed by atoms with Gasteiger partial charge in [-0.15, -0.1) is 0 Å². The fraction of sp³-hybridized carbons (Fsp3) is 0.842. The molecule has 4 nitrogen and oxygen atoms in total. The molecule has 3 unspecified atom stereocenters. The maximum Gasteiger partial charge on any atom is 0.303 e. The normalized spacial score (nSPS) is 15.7. The Labute approximate surface area is 141 Å². The monoisotopic (exact) mass is 328 g/mol. The number of rotatable bonds is 15. The van der Waals surface area contributed by atoms with Crippen molar-refractivity contribution < 1.29 is 20.1 Å². The van der Waals surface area contributed by atoms with Gasteiger partial charge in [0.15, 0.2) is 0 Å². The number of hydrogen-bond donors (Lipinski definition) is 3. The summed E-state index contributed by atoms with van der Waals surface area (Å²) in [6, 6.07) is 0. The zero-order valence-corrected chi connectivity index (χ0v) is 14.9. The Kier molecular flexibility index (Phi) is 14.1. The van der Waals surface area contributed by atoms with E-state index in [1.54, 1.807) is 0 Å². The van der Waals surface area contributed by atoms with Gasteiger partial charge in [0.05, 0.1) is 12.2 Å². The minimum Gasteiger partial charge on any atom is -0.481 e. The van der Waals surface area contributed by atoms with E-state index in [1.807, 2.05) is 19.1 Å². The van der Waals surface area contributed by atoms with E-state index in [0.29, 0.717) is 0 Å². The maximum atomic E-state index is 10.4. The van der Waals surface area contributed by atoms with Gasteiger partial charge in [-0.2, -0.15) is 0 Å². The fourth-order valence-corrected chi connectivity index (χ4v) is 2.70. The van der Waals surface area contributed by atoms with Crippen molar-refractivity contribution in [3.63, 3.8) is 0 Å². The molecule has 3 N–H and O–H groups in total. The molecule has 23 heavy (non-hydrogen) atoms. The Bertz CT molecular complexity index is 312. The predicted octanol–water partition coefficient (Wildman–Crippen LogP) is 4.30. The number of hydrogen-bond acceptors (Lipinski definition) is 3. The van der Waals surface area contributed by atoms with Gasteiger partial charge in [0.2, 0.25) is 0 Å². The van der Waals surface area contributed by atoms with Crippen molar-refractivity contribution >= 4 is 5.97 Å². The summed E-state index contributed by atoms with van der Waals surface area (Å²) in [5.74, 6) is -0.511. The van der Waals surface area contributed by atoms with Crippen LogP contribution in [0.1, 0.15) is 84.5 Å². The van der Waals surface area contributed by atoms with Crippen LogP contribution in [0.5, 0.6) is 0 Å². The largest absolute Gasteiger partial charge is 0.481 e. The van der Waals surface area contributed by atoms with Crippen LogP contribution >= 0.6 is 0 Å². The number of allylic oxidation sites excluding steroid dienone is 1. The van der Waals surface area contributed by atoms with Gasteiger partial charge in [0.25, 0.3) is 0 Å². The third-order valence-corrected chi connectivity index (χ3v) is 4.30.